The van der Waals surface area contributed by atoms with Crippen LogP contribution in [0.5, 0.6) is 5.75 Å². The second kappa shape index (κ2) is 13.8. The summed E-state index contributed by atoms with van der Waals surface area (Å²) < 4.78 is 60.4. The van der Waals surface area contributed by atoms with Crippen LogP contribution in [-0.2, 0) is 33.7 Å². The smallest absolute Gasteiger partial charge is 0.408 e. The number of aryl methyl sites for hydroxylation is 1. The van der Waals surface area contributed by atoms with Crippen molar-refractivity contribution < 1.29 is 37.0 Å². The molecule has 0 saturated heterocycles. The average molecular weight is 640 g/mol. The van der Waals surface area contributed by atoms with Crippen LogP contribution in [0, 0.1) is 11.7 Å². The third-order valence-electron chi connectivity index (χ3n) is 7.45. The van der Waals surface area contributed by atoms with Crippen LogP contribution in [0.2, 0.25) is 0 Å². The number of amides is 1. The van der Waals surface area contributed by atoms with Crippen LogP contribution in [0.4, 0.5) is 18.0 Å². The normalized spacial score (nSPS) is 16.3. The van der Waals surface area contributed by atoms with Gasteiger partial charge >= 0.3 is 12.1 Å². The van der Waals surface area contributed by atoms with Crippen LogP contribution in [0.25, 0.3) is 11.1 Å². The fraction of sp³-hybridized carbons (Fsp3) is 0.459. The standard InChI is InChI=1S/C37H44F3NO5/c1-23(41-34(43)46-36(5,6)7)29-12-10-13-30(33(29)38)27-18-24(15-16-28-21-37(28,39)40)17-25(19-27)22-44-31-14-9-8-11-26(31)20-32(42)45-35(2,3)4/h8-14,17-19,23,28H,15-16,20-22H2,1-7H3,(H,41,43)/t23-,28?/m1/s1. The van der Waals surface area contributed by atoms with E-state index in [4.69, 9.17) is 14.2 Å². The van der Waals surface area contributed by atoms with Crippen molar-refractivity contribution in [2.24, 2.45) is 5.92 Å². The average Bonchev–Trinajstić information content (AvgIpc) is 3.55. The summed E-state index contributed by atoms with van der Waals surface area (Å²) in [4.78, 5) is 24.9. The van der Waals surface area contributed by atoms with Gasteiger partial charge in [-0.25, -0.2) is 18.0 Å². The van der Waals surface area contributed by atoms with Crippen molar-refractivity contribution in [2.75, 3.05) is 0 Å². The number of rotatable bonds is 11. The Bertz CT molecular complexity index is 1560. The fourth-order valence-corrected chi connectivity index (χ4v) is 5.22. The highest BCUT2D eigenvalue weighted by molar-refractivity contribution is 5.74. The van der Waals surface area contributed by atoms with Gasteiger partial charge in [0.2, 0.25) is 0 Å². The van der Waals surface area contributed by atoms with Gasteiger partial charge in [-0.3, -0.25) is 4.79 Å². The predicted octanol–water partition coefficient (Wildman–Crippen LogP) is 9.13. The van der Waals surface area contributed by atoms with Crippen LogP contribution < -0.4 is 10.1 Å². The van der Waals surface area contributed by atoms with Crippen LogP contribution >= 0.6 is 0 Å². The predicted molar refractivity (Wildman–Crippen MR) is 171 cm³/mol. The lowest BCUT2D eigenvalue weighted by Gasteiger charge is -2.22. The number of ether oxygens (including phenoxy) is 3. The third-order valence-corrected chi connectivity index (χ3v) is 7.45. The van der Waals surface area contributed by atoms with Gasteiger partial charge in [0, 0.05) is 29.0 Å². The molecule has 248 valence electrons. The molecular formula is C37H44F3NO5. The number of esters is 1. The Hall–Kier alpha value is -4.01. The van der Waals surface area contributed by atoms with E-state index in [1.807, 2.05) is 18.2 Å². The Labute approximate surface area is 269 Å². The van der Waals surface area contributed by atoms with E-state index in [1.54, 1.807) is 90.9 Å². The zero-order valence-electron chi connectivity index (χ0n) is 27.6. The topological polar surface area (TPSA) is 73.9 Å². The maximum Gasteiger partial charge on any atom is 0.408 e. The Morgan fingerprint density at radius 2 is 1.59 bits per heavy atom. The number of alkyl carbamates (subject to hydrolysis) is 1. The number of carbonyl (C=O) groups excluding carboxylic acids is 2. The number of hydrogen-bond donors (Lipinski definition) is 1. The summed E-state index contributed by atoms with van der Waals surface area (Å²) in [5.74, 6) is -3.66. The lowest BCUT2D eigenvalue weighted by molar-refractivity contribution is -0.153. The van der Waals surface area contributed by atoms with Crippen LogP contribution in [0.15, 0.2) is 60.7 Å². The van der Waals surface area contributed by atoms with Gasteiger partial charge in [0.15, 0.2) is 0 Å². The molecule has 1 unspecified atom stereocenters. The first-order valence-corrected chi connectivity index (χ1v) is 15.6. The molecule has 0 aliphatic heterocycles. The van der Waals surface area contributed by atoms with Gasteiger partial charge in [0.1, 0.15) is 29.4 Å². The number of nitrogens with one attached hydrogen (secondary N) is 1. The Morgan fingerprint density at radius 3 is 2.24 bits per heavy atom. The fourth-order valence-electron chi connectivity index (χ4n) is 5.22. The van der Waals surface area contributed by atoms with Gasteiger partial charge in [-0.05, 0) is 90.1 Å². The molecule has 2 atom stereocenters. The molecule has 0 bridgehead atoms. The number of carbonyl (C=O) groups is 2. The van der Waals surface area contributed by atoms with Crippen molar-refractivity contribution in [2.45, 2.75) is 104 Å². The molecule has 6 nitrogen and oxygen atoms in total. The summed E-state index contributed by atoms with van der Waals surface area (Å²) in [6, 6.07) is 17.0. The zero-order chi connectivity index (χ0) is 33.9. The zero-order valence-corrected chi connectivity index (χ0v) is 27.6. The molecule has 46 heavy (non-hydrogen) atoms. The van der Waals surface area contributed by atoms with E-state index < -0.39 is 41.0 Å². The van der Waals surface area contributed by atoms with Crippen molar-refractivity contribution in [3.63, 3.8) is 0 Å². The molecule has 9 heteroatoms. The van der Waals surface area contributed by atoms with E-state index in [9.17, 15) is 18.4 Å². The number of halogens is 3. The molecule has 0 aromatic heterocycles. The van der Waals surface area contributed by atoms with Crippen LogP contribution in [-0.4, -0.2) is 29.2 Å². The van der Waals surface area contributed by atoms with Gasteiger partial charge in [0.05, 0.1) is 12.5 Å². The molecule has 0 heterocycles. The summed E-state index contributed by atoms with van der Waals surface area (Å²) in [6.07, 6.45) is -0.0311. The molecule has 1 fully saturated rings. The first-order chi connectivity index (χ1) is 21.4. The van der Waals surface area contributed by atoms with E-state index in [0.717, 1.165) is 5.56 Å². The highest BCUT2D eigenvalue weighted by atomic mass is 19.3. The number of para-hydroxylation sites is 1. The maximum absolute atomic E-state index is 16.1. The van der Waals surface area contributed by atoms with Crippen molar-refractivity contribution in [3.8, 4) is 16.9 Å². The highest BCUT2D eigenvalue weighted by Crippen LogP contribution is 2.51. The van der Waals surface area contributed by atoms with E-state index in [1.165, 1.54) is 0 Å². The van der Waals surface area contributed by atoms with Crippen molar-refractivity contribution in [1.82, 2.24) is 5.32 Å². The van der Waals surface area contributed by atoms with E-state index in [0.29, 0.717) is 40.8 Å². The molecule has 3 aromatic carbocycles. The lowest BCUT2D eigenvalue weighted by Crippen LogP contribution is -2.34. The van der Waals surface area contributed by atoms with Gasteiger partial charge in [-0.15, -0.1) is 0 Å². The first-order valence-electron chi connectivity index (χ1n) is 15.6. The van der Waals surface area contributed by atoms with Crippen molar-refractivity contribution in [3.05, 3.63) is 88.7 Å². The van der Waals surface area contributed by atoms with E-state index in [2.05, 4.69) is 5.32 Å². The second-order valence-corrected chi connectivity index (χ2v) is 14.0. The maximum atomic E-state index is 16.1. The molecule has 1 aliphatic carbocycles. The summed E-state index contributed by atoms with van der Waals surface area (Å²) in [7, 11) is 0. The SMILES string of the molecule is C[C@@H](NC(=O)OC(C)(C)C)c1cccc(-c2cc(CCC3CC3(F)F)cc(COc3ccccc3CC(=O)OC(C)(C)C)c2)c1F. The first kappa shape index (κ1) is 34.9. The quantitative estimate of drug-likeness (QED) is 0.212. The van der Waals surface area contributed by atoms with Gasteiger partial charge in [-0.1, -0.05) is 48.5 Å². The Morgan fingerprint density at radius 1 is 0.935 bits per heavy atom. The summed E-state index contributed by atoms with van der Waals surface area (Å²) in [5, 5.41) is 2.69. The minimum absolute atomic E-state index is 0.0296. The summed E-state index contributed by atoms with van der Waals surface area (Å²) in [5.41, 5.74) is 1.98. The number of alkyl halides is 2. The van der Waals surface area contributed by atoms with Gasteiger partial charge in [-0.2, -0.15) is 0 Å². The molecule has 1 amide bonds. The molecule has 4 rings (SSSR count). The molecule has 1 saturated carbocycles. The summed E-state index contributed by atoms with van der Waals surface area (Å²) in [6.45, 7) is 12.4. The van der Waals surface area contributed by atoms with Gasteiger partial charge in [0.25, 0.3) is 5.92 Å². The van der Waals surface area contributed by atoms with Crippen LogP contribution in [0.3, 0.4) is 0 Å². The molecule has 3 aromatic rings. The van der Waals surface area contributed by atoms with E-state index in [-0.39, 0.29) is 31.0 Å². The molecule has 0 radical (unpaired) electrons. The minimum Gasteiger partial charge on any atom is -0.489 e. The highest BCUT2D eigenvalue weighted by Gasteiger charge is 2.55. The summed E-state index contributed by atoms with van der Waals surface area (Å²) >= 11 is 0. The lowest BCUT2D eigenvalue weighted by atomic mass is 9.94. The Kier molecular flexibility index (Phi) is 10.4. The monoisotopic (exact) mass is 639 g/mol. The molecule has 0 spiro atoms. The second-order valence-electron chi connectivity index (χ2n) is 14.0. The number of benzene rings is 3. The molecule has 1 aliphatic rings. The molecular weight excluding hydrogens is 595 g/mol. The van der Waals surface area contributed by atoms with Gasteiger partial charge < -0.3 is 19.5 Å². The van der Waals surface area contributed by atoms with E-state index >= 15 is 4.39 Å². The largest absolute Gasteiger partial charge is 0.489 e. The minimum atomic E-state index is -2.63. The van der Waals surface area contributed by atoms with Crippen LogP contribution in [0.1, 0.15) is 89.6 Å². The van der Waals surface area contributed by atoms with Crippen molar-refractivity contribution >= 4 is 12.1 Å². The third kappa shape index (κ3) is 9.99. The molecule has 1 N–H and O–H groups in total. The number of hydrogen-bond acceptors (Lipinski definition) is 5. The Balaban J connectivity index is 1.60. The van der Waals surface area contributed by atoms with Crippen molar-refractivity contribution in [1.29, 1.82) is 0 Å².